The van der Waals surface area contributed by atoms with E-state index in [4.69, 9.17) is 20.3 Å². The Morgan fingerprint density at radius 3 is 2.75 bits per heavy atom. The van der Waals surface area contributed by atoms with Crippen molar-refractivity contribution >= 4 is 24.8 Å². The molecule has 0 bridgehead atoms. The first-order chi connectivity index (χ1) is 11.2. The zero-order chi connectivity index (χ0) is 17.6. The number of hydrogen-bond donors (Lipinski definition) is 7. The lowest BCUT2D eigenvalue weighted by Gasteiger charge is -2.20. The number of nitrogens with zero attached hydrogens (tertiary/aromatic N) is 2. The van der Waals surface area contributed by atoms with Crippen molar-refractivity contribution in [1.82, 2.24) is 15.0 Å². The molecule has 24 heavy (non-hydrogen) atoms. The quantitative estimate of drug-likeness (QED) is 0.213. The maximum absolute atomic E-state index is 10.8. The molecule has 132 valence electrons. The third-order valence-corrected chi connectivity index (χ3v) is 3.95. The smallest absolute Gasteiger partial charge is 0.387 e. The summed E-state index contributed by atoms with van der Waals surface area (Å²) in [7, 11) is -5.03. The van der Waals surface area contributed by atoms with Gasteiger partial charge in [0.2, 0.25) is 11.3 Å². The van der Waals surface area contributed by atoms with E-state index in [0.717, 1.165) is 0 Å². The highest BCUT2D eigenvalue weighted by molar-refractivity contribution is 7.46. The monoisotopic (exact) mass is 364 g/mol. The van der Waals surface area contributed by atoms with Crippen LogP contribution >= 0.6 is 7.82 Å². The van der Waals surface area contributed by atoms with E-state index >= 15 is 0 Å². The van der Waals surface area contributed by atoms with E-state index < -0.39 is 38.5 Å². The molecule has 3 rings (SSSR count). The number of phosphoric acid groups is 1. The molecular formula is C10H15N5O8P+. The average Bonchev–Trinajstić information content (AvgIpc) is 3.04. The SMILES string of the molecule is Nc1nc(C2O[C@H](C(O)OP(=O)(O)O)[C@@H](O)[C@@H]2O)nc2[nH+]c[nH]c12. The minimum Gasteiger partial charge on any atom is -0.387 e. The van der Waals surface area contributed by atoms with Gasteiger partial charge in [0.25, 0.3) is 0 Å². The Morgan fingerprint density at radius 2 is 2.08 bits per heavy atom. The molecule has 1 fully saturated rings. The first kappa shape index (κ1) is 17.1. The van der Waals surface area contributed by atoms with Crippen LogP contribution in [0.4, 0.5) is 5.82 Å². The number of nitrogens with one attached hydrogen (secondary N) is 2. The number of rotatable bonds is 4. The Balaban J connectivity index is 1.87. The highest BCUT2D eigenvalue weighted by Gasteiger charge is 2.50. The van der Waals surface area contributed by atoms with Crippen molar-refractivity contribution in [2.24, 2.45) is 0 Å². The molecular weight excluding hydrogens is 349 g/mol. The second-order valence-corrected chi connectivity index (χ2v) is 6.30. The molecule has 5 atom stereocenters. The number of aromatic amines is 2. The molecule has 9 N–H and O–H groups in total. The molecule has 2 aromatic rings. The van der Waals surface area contributed by atoms with E-state index in [1.165, 1.54) is 6.33 Å². The molecule has 14 heteroatoms. The van der Waals surface area contributed by atoms with Crippen LogP contribution in [0.25, 0.3) is 11.2 Å². The Hall–Kier alpha value is -1.70. The van der Waals surface area contributed by atoms with E-state index in [2.05, 4.69) is 24.5 Å². The van der Waals surface area contributed by atoms with Gasteiger partial charge in [-0.05, 0) is 0 Å². The normalized spacial score (nSPS) is 29.2. The van der Waals surface area contributed by atoms with E-state index in [9.17, 15) is 19.9 Å². The van der Waals surface area contributed by atoms with Crippen LogP contribution in [-0.2, 0) is 13.8 Å². The molecule has 0 aromatic carbocycles. The van der Waals surface area contributed by atoms with Crippen LogP contribution in [0.15, 0.2) is 6.33 Å². The summed E-state index contributed by atoms with van der Waals surface area (Å²) in [5, 5.41) is 29.6. The number of ether oxygens (including phenoxy) is 1. The summed E-state index contributed by atoms with van der Waals surface area (Å²) in [6, 6.07) is 0. The number of aliphatic hydroxyl groups excluding tert-OH is 3. The van der Waals surface area contributed by atoms with Crippen molar-refractivity contribution in [1.29, 1.82) is 0 Å². The summed E-state index contributed by atoms with van der Waals surface area (Å²) < 4.78 is 20.1. The number of anilines is 1. The lowest BCUT2D eigenvalue weighted by atomic mass is 10.1. The Bertz CT molecular complexity index is 795. The van der Waals surface area contributed by atoms with Crippen molar-refractivity contribution < 1.29 is 43.9 Å². The lowest BCUT2D eigenvalue weighted by Crippen LogP contribution is -2.39. The van der Waals surface area contributed by atoms with Crippen molar-refractivity contribution in [3.05, 3.63) is 12.2 Å². The first-order valence-corrected chi connectivity index (χ1v) is 8.16. The minimum absolute atomic E-state index is 0.0528. The van der Waals surface area contributed by atoms with Crippen LogP contribution in [0, 0.1) is 0 Å². The fourth-order valence-corrected chi connectivity index (χ4v) is 2.80. The van der Waals surface area contributed by atoms with Gasteiger partial charge >= 0.3 is 13.5 Å². The Labute approximate surface area is 133 Å². The Kier molecular flexibility index (Phi) is 4.27. The lowest BCUT2D eigenvalue weighted by molar-refractivity contribution is -0.347. The van der Waals surface area contributed by atoms with E-state index in [0.29, 0.717) is 11.2 Å². The summed E-state index contributed by atoms with van der Waals surface area (Å²) in [4.78, 5) is 30.9. The summed E-state index contributed by atoms with van der Waals surface area (Å²) in [6.45, 7) is 0. The highest BCUT2D eigenvalue weighted by Crippen LogP contribution is 2.41. The van der Waals surface area contributed by atoms with Gasteiger partial charge in [-0.1, -0.05) is 4.98 Å². The maximum Gasteiger partial charge on any atom is 0.472 e. The zero-order valence-electron chi connectivity index (χ0n) is 11.8. The van der Waals surface area contributed by atoms with Gasteiger partial charge < -0.3 is 35.6 Å². The molecule has 2 unspecified atom stereocenters. The van der Waals surface area contributed by atoms with Crippen LogP contribution in [-0.4, -0.2) is 64.7 Å². The molecule has 2 aromatic heterocycles. The molecule has 13 nitrogen and oxygen atoms in total. The van der Waals surface area contributed by atoms with Crippen LogP contribution in [0.3, 0.4) is 0 Å². The number of hydrogen-bond acceptors (Lipinski definition) is 9. The van der Waals surface area contributed by atoms with Crippen LogP contribution in [0.2, 0.25) is 0 Å². The number of phosphoric ester groups is 1. The van der Waals surface area contributed by atoms with Crippen LogP contribution < -0.4 is 10.7 Å². The summed E-state index contributed by atoms with van der Waals surface area (Å²) in [5.74, 6) is -0.0368. The maximum atomic E-state index is 10.8. The van der Waals surface area contributed by atoms with E-state index in [-0.39, 0.29) is 11.6 Å². The summed E-state index contributed by atoms with van der Waals surface area (Å²) >= 11 is 0. The molecule has 0 amide bonds. The predicted molar refractivity (Wildman–Crippen MR) is 73.6 cm³/mol. The fraction of sp³-hybridized carbons (Fsp3) is 0.500. The first-order valence-electron chi connectivity index (χ1n) is 6.63. The second kappa shape index (κ2) is 5.98. The van der Waals surface area contributed by atoms with Gasteiger partial charge in [0.05, 0.1) is 0 Å². The fourth-order valence-electron chi connectivity index (χ4n) is 2.40. The number of fused-ring (bicyclic) bond motifs is 1. The highest BCUT2D eigenvalue weighted by atomic mass is 31.2. The predicted octanol–water partition coefficient (Wildman–Crippen LogP) is -3.06. The third-order valence-electron chi connectivity index (χ3n) is 3.46. The molecule has 1 aliphatic heterocycles. The van der Waals surface area contributed by atoms with Gasteiger partial charge in [-0.25, -0.2) is 9.55 Å². The number of imidazole rings is 1. The number of aliphatic hydroxyl groups is 3. The molecule has 0 aliphatic carbocycles. The molecule has 0 saturated carbocycles. The van der Waals surface area contributed by atoms with E-state index in [1.54, 1.807) is 0 Å². The van der Waals surface area contributed by atoms with Crippen molar-refractivity contribution in [2.75, 3.05) is 5.73 Å². The van der Waals surface area contributed by atoms with Crippen molar-refractivity contribution in [2.45, 2.75) is 30.7 Å². The molecule has 0 radical (unpaired) electrons. The van der Waals surface area contributed by atoms with Crippen molar-refractivity contribution in [3.63, 3.8) is 0 Å². The zero-order valence-corrected chi connectivity index (χ0v) is 12.7. The number of nitrogen functional groups attached to an aromatic ring is 1. The van der Waals surface area contributed by atoms with E-state index in [1.807, 2.05) is 0 Å². The molecule has 1 aliphatic rings. The minimum atomic E-state index is -5.03. The second-order valence-electron chi connectivity index (χ2n) is 5.11. The van der Waals surface area contributed by atoms with Gasteiger partial charge in [-0.15, -0.1) is 0 Å². The Morgan fingerprint density at radius 1 is 1.38 bits per heavy atom. The number of H-pyrrole nitrogens is 2. The summed E-state index contributed by atoms with van der Waals surface area (Å²) in [6.07, 6.45) is -6.93. The largest absolute Gasteiger partial charge is 0.472 e. The van der Waals surface area contributed by atoms with Gasteiger partial charge in [0, 0.05) is 0 Å². The molecule has 3 heterocycles. The molecule has 1 saturated heterocycles. The number of nitrogens with two attached hydrogens (primary N) is 1. The third kappa shape index (κ3) is 3.11. The van der Waals surface area contributed by atoms with Crippen LogP contribution in [0.5, 0.6) is 0 Å². The van der Waals surface area contributed by atoms with Gasteiger partial charge in [-0.2, -0.15) is 4.98 Å². The van der Waals surface area contributed by atoms with Crippen LogP contribution in [0.1, 0.15) is 11.9 Å². The van der Waals surface area contributed by atoms with Gasteiger partial charge in [0.15, 0.2) is 24.5 Å². The standard InChI is InChI=1S/C10H14N5O8P/c11-7-2-8(13-1-12-2)15-9(14-7)5-3(16)4(17)6(22-5)10(18)23-24(19,20)21/h1,3-6,10,16-18H,(H2,19,20,21)(H3,11,12,13,14,15)/p+1/t3-,4-,5?,6-,10?/m0/s1. The number of aromatic nitrogens is 4. The average molecular weight is 364 g/mol. The van der Waals surface area contributed by atoms with Gasteiger partial charge in [-0.3, -0.25) is 9.51 Å². The topological polar surface area (TPSA) is 218 Å². The van der Waals surface area contributed by atoms with Gasteiger partial charge in [0.1, 0.15) is 18.3 Å². The summed E-state index contributed by atoms with van der Waals surface area (Å²) in [5.41, 5.74) is 6.49. The van der Waals surface area contributed by atoms with Crippen molar-refractivity contribution in [3.8, 4) is 0 Å². The molecule has 0 spiro atoms.